The Bertz CT molecular complexity index is 1730. The van der Waals surface area contributed by atoms with E-state index < -0.39 is 0 Å². The number of hydrogen-bond donors (Lipinski definition) is 1. The summed E-state index contributed by atoms with van der Waals surface area (Å²) >= 11 is 0. The second kappa shape index (κ2) is 9.47. The van der Waals surface area contributed by atoms with Gasteiger partial charge in [-0.05, 0) is 31.5 Å². The third kappa shape index (κ3) is 4.15. The zero-order chi connectivity index (χ0) is 26.2. The van der Waals surface area contributed by atoms with Crippen LogP contribution >= 0.6 is 0 Å². The number of aromatic nitrogens is 8. The van der Waals surface area contributed by atoms with E-state index in [4.69, 9.17) is 19.9 Å². The third-order valence-corrected chi connectivity index (χ3v) is 6.31. The molecule has 0 atom stereocenters. The molecule has 5 aromatic heterocycles. The minimum atomic E-state index is 0.243. The van der Waals surface area contributed by atoms with Crippen LogP contribution < -0.4 is 10.1 Å². The van der Waals surface area contributed by atoms with Crippen LogP contribution in [0.25, 0.3) is 39.5 Å². The molecule has 10 nitrogen and oxygen atoms in total. The fraction of sp³-hybridized carbons (Fsp3) is 0.179. The standard InChI is InChI=1S/C28H27N9O/c1-18(2)36-15-13-21(33-36)20-17-37-25(24(20)19-9-6-5-7-10-19)26(31-22-11-8-12-23(30-22)38-4)32-27(34-37)28-29-14-16-35(28)3/h5-18H,1-4H3,(H,30,31,32,34). The van der Waals surface area contributed by atoms with E-state index >= 15 is 0 Å². The van der Waals surface area contributed by atoms with Gasteiger partial charge in [-0.1, -0.05) is 36.4 Å². The Hall–Kier alpha value is -4.99. The quantitative estimate of drug-likeness (QED) is 0.311. The Labute approximate surface area is 219 Å². The van der Waals surface area contributed by atoms with Gasteiger partial charge in [0.05, 0.1) is 12.8 Å². The van der Waals surface area contributed by atoms with Gasteiger partial charge in [0.2, 0.25) is 11.7 Å². The molecule has 0 unspecified atom stereocenters. The van der Waals surface area contributed by atoms with E-state index in [-0.39, 0.29) is 6.04 Å². The first-order valence-electron chi connectivity index (χ1n) is 12.3. The highest BCUT2D eigenvalue weighted by molar-refractivity contribution is 5.99. The van der Waals surface area contributed by atoms with Crippen LogP contribution in [0.3, 0.4) is 0 Å². The highest BCUT2D eigenvalue weighted by atomic mass is 16.5. The van der Waals surface area contributed by atoms with E-state index in [0.29, 0.717) is 29.2 Å². The van der Waals surface area contributed by atoms with Crippen molar-refractivity contribution in [3.05, 3.63) is 79.4 Å². The van der Waals surface area contributed by atoms with Crippen LogP contribution in [0.1, 0.15) is 19.9 Å². The van der Waals surface area contributed by atoms with Crippen LogP contribution in [-0.4, -0.2) is 46.0 Å². The lowest BCUT2D eigenvalue weighted by molar-refractivity contribution is 0.398. The molecule has 1 aromatic carbocycles. The van der Waals surface area contributed by atoms with Crippen molar-refractivity contribution in [2.24, 2.45) is 7.05 Å². The van der Waals surface area contributed by atoms with Crippen LogP contribution in [-0.2, 0) is 7.05 Å². The van der Waals surface area contributed by atoms with E-state index in [1.54, 1.807) is 19.4 Å². The van der Waals surface area contributed by atoms with Crippen LogP contribution in [0, 0.1) is 0 Å². The first-order valence-corrected chi connectivity index (χ1v) is 12.3. The van der Waals surface area contributed by atoms with Gasteiger partial charge in [-0.15, -0.1) is 5.10 Å². The van der Waals surface area contributed by atoms with Gasteiger partial charge in [-0.25, -0.2) is 14.5 Å². The minimum Gasteiger partial charge on any atom is -0.481 e. The fourth-order valence-corrected chi connectivity index (χ4v) is 4.43. The van der Waals surface area contributed by atoms with Gasteiger partial charge in [0.1, 0.15) is 11.3 Å². The van der Waals surface area contributed by atoms with Crippen molar-refractivity contribution >= 4 is 17.2 Å². The number of methoxy groups -OCH3 is 1. The second-order valence-electron chi connectivity index (χ2n) is 9.19. The molecule has 0 aliphatic heterocycles. The molecular weight excluding hydrogens is 478 g/mol. The van der Waals surface area contributed by atoms with Gasteiger partial charge in [0.15, 0.2) is 11.6 Å². The lowest BCUT2D eigenvalue weighted by atomic mass is 10.0. The molecule has 190 valence electrons. The lowest BCUT2D eigenvalue weighted by Gasteiger charge is -2.12. The van der Waals surface area contributed by atoms with Crippen LogP contribution in [0.2, 0.25) is 0 Å². The highest BCUT2D eigenvalue weighted by Crippen LogP contribution is 2.40. The van der Waals surface area contributed by atoms with Gasteiger partial charge >= 0.3 is 0 Å². The van der Waals surface area contributed by atoms with Crippen molar-refractivity contribution in [1.82, 2.24) is 38.9 Å². The predicted octanol–water partition coefficient (Wildman–Crippen LogP) is 5.39. The largest absolute Gasteiger partial charge is 0.481 e. The molecule has 38 heavy (non-hydrogen) atoms. The summed E-state index contributed by atoms with van der Waals surface area (Å²) in [6, 6.07) is 18.0. The van der Waals surface area contributed by atoms with Crippen molar-refractivity contribution in [2.75, 3.05) is 12.4 Å². The SMILES string of the molecule is COc1cccc(Nc2nc(-c3nccn3C)nn3cc(-c4ccn(C(C)C)n4)c(-c4ccccc4)c23)n1. The molecule has 0 saturated carbocycles. The number of nitrogens with one attached hydrogen (secondary N) is 1. The first kappa shape index (κ1) is 23.4. The normalized spacial score (nSPS) is 11.4. The Kier molecular flexibility index (Phi) is 5.83. The summed E-state index contributed by atoms with van der Waals surface area (Å²) in [5.74, 6) is 2.81. The molecule has 6 aromatic rings. The maximum Gasteiger partial charge on any atom is 0.218 e. The number of fused-ring (bicyclic) bond motifs is 1. The number of aryl methyl sites for hydroxylation is 1. The van der Waals surface area contributed by atoms with E-state index in [9.17, 15) is 0 Å². The number of imidazole rings is 1. The average Bonchev–Trinajstić information content (AvgIpc) is 3.67. The maximum atomic E-state index is 5.34. The van der Waals surface area contributed by atoms with E-state index in [2.05, 4.69) is 41.3 Å². The molecule has 0 fully saturated rings. The van der Waals surface area contributed by atoms with Crippen molar-refractivity contribution < 1.29 is 4.74 Å². The van der Waals surface area contributed by atoms with Crippen molar-refractivity contribution in [1.29, 1.82) is 0 Å². The molecule has 0 radical (unpaired) electrons. The molecule has 5 heterocycles. The first-order chi connectivity index (χ1) is 18.5. The molecular formula is C28H27N9O. The summed E-state index contributed by atoms with van der Waals surface area (Å²) in [5, 5.41) is 13.2. The molecule has 6 rings (SSSR count). The monoisotopic (exact) mass is 505 g/mol. The minimum absolute atomic E-state index is 0.243. The summed E-state index contributed by atoms with van der Waals surface area (Å²) in [6.45, 7) is 4.22. The number of rotatable bonds is 7. The van der Waals surface area contributed by atoms with Gasteiger partial charge in [0, 0.05) is 55.1 Å². The number of benzene rings is 1. The summed E-state index contributed by atoms with van der Waals surface area (Å²) in [5.41, 5.74) is 4.60. The van der Waals surface area contributed by atoms with Gasteiger partial charge in [-0.3, -0.25) is 4.68 Å². The fourth-order valence-electron chi connectivity index (χ4n) is 4.43. The van der Waals surface area contributed by atoms with E-state index in [1.807, 2.05) is 75.8 Å². The number of pyridine rings is 1. The lowest BCUT2D eigenvalue weighted by Crippen LogP contribution is -2.07. The molecule has 1 N–H and O–H groups in total. The zero-order valence-corrected chi connectivity index (χ0v) is 21.6. The molecule has 10 heteroatoms. The molecule has 0 aliphatic rings. The van der Waals surface area contributed by atoms with Gasteiger partial charge in [-0.2, -0.15) is 10.1 Å². The van der Waals surface area contributed by atoms with Gasteiger partial charge < -0.3 is 14.6 Å². The van der Waals surface area contributed by atoms with Crippen molar-refractivity contribution in [2.45, 2.75) is 19.9 Å². The van der Waals surface area contributed by atoms with E-state index in [1.165, 1.54) is 0 Å². The Morgan fingerprint density at radius 1 is 0.921 bits per heavy atom. The summed E-state index contributed by atoms with van der Waals surface area (Å²) in [6.07, 6.45) is 7.60. The Balaban J connectivity index is 1.64. The number of anilines is 2. The Morgan fingerprint density at radius 3 is 2.47 bits per heavy atom. The van der Waals surface area contributed by atoms with Gasteiger partial charge in [0.25, 0.3) is 0 Å². The predicted molar refractivity (Wildman–Crippen MR) is 146 cm³/mol. The molecule has 0 bridgehead atoms. The summed E-state index contributed by atoms with van der Waals surface area (Å²) in [4.78, 5) is 14.0. The summed E-state index contributed by atoms with van der Waals surface area (Å²) in [7, 11) is 3.51. The zero-order valence-electron chi connectivity index (χ0n) is 21.6. The molecule has 0 amide bonds. The van der Waals surface area contributed by atoms with Crippen molar-refractivity contribution in [3.8, 4) is 39.9 Å². The highest BCUT2D eigenvalue weighted by Gasteiger charge is 2.23. The smallest absolute Gasteiger partial charge is 0.218 e. The maximum absolute atomic E-state index is 5.34. The van der Waals surface area contributed by atoms with Crippen LogP contribution in [0.4, 0.5) is 11.6 Å². The summed E-state index contributed by atoms with van der Waals surface area (Å²) < 4.78 is 11.0. The topological polar surface area (TPSA) is 100.0 Å². The number of ether oxygens (including phenoxy) is 1. The number of nitrogens with zero attached hydrogens (tertiary/aromatic N) is 8. The molecule has 0 saturated heterocycles. The Morgan fingerprint density at radius 2 is 1.76 bits per heavy atom. The van der Waals surface area contributed by atoms with Crippen LogP contribution in [0.5, 0.6) is 5.88 Å². The molecule has 0 spiro atoms. The number of hydrogen-bond acceptors (Lipinski definition) is 7. The third-order valence-electron chi connectivity index (χ3n) is 6.31. The average molecular weight is 506 g/mol. The van der Waals surface area contributed by atoms with Crippen molar-refractivity contribution in [3.63, 3.8) is 0 Å². The van der Waals surface area contributed by atoms with E-state index in [0.717, 1.165) is 27.9 Å². The van der Waals surface area contributed by atoms with Crippen LogP contribution in [0.15, 0.2) is 79.4 Å². The second-order valence-corrected chi connectivity index (χ2v) is 9.19. The molecule has 0 aliphatic carbocycles.